The quantitative estimate of drug-likeness (QED) is 0.0534. The van der Waals surface area contributed by atoms with E-state index in [0.29, 0.717) is 39.0 Å². The zero-order chi connectivity index (χ0) is 32.4. The summed E-state index contributed by atoms with van der Waals surface area (Å²) in [5, 5.41) is 25.4. The molecule has 2 amide bonds. The van der Waals surface area contributed by atoms with Gasteiger partial charge in [0.05, 0.1) is 19.3 Å². The van der Waals surface area contributed by atoms with E-state index in [1.807, 2.05) is 4.90 Å². The molecule has 0 spiro atoms. The molecule has 0 atom stereocenters. The first-order valence-corrected chi connectivity index (χ1v) is 19.1. The molecule has 0 aliphatic carbocycles. The maximum absolute atomic E-state index is 12.4. The van der Waals surface area contributed by atoms with Crippen LogP contribution in [0.2, 0.25) is 0 Å². The monoisotopic (exact) mass is 626 g/mol. The maximum atomic E-state index is 12.4. The summed E-state index contributed by atoms with van der Waals surface area (Å²) in [6, 6.07) is -0.455. The van der Waals surface area contributed by atoms with Crippen molar-refractivity contribution in [3.63, 3.8) is 0 Å². The summed E-state index contributed by atoms with van der Waals surface area (Å²) in [4.78, 5) is 26.7. The fourth-order valence-corrected chi connectivity index (χ4v) is 5.82. The average molecular weight is 626 g/mol. The number of nitrogens with one attached hydrogen (secondary N) is 2. The molecule has 4 N–H and O–H groups in total. The number of aliphatic hydroxyl groups is 2. The Morgan fingerprint density at radius 2 is 0.750 bits per heavy atom. The number of hydrogen-bond donors (Lipinski definition) is 4. The smallest absolute Gasteiger partial charge is 0.221 e. The minimum Gasteiger partial charge on any atom is -0.395 e. The third-order valence-electron chi connectivity index (χ3n) is 8.90. The molecule has 0 bridgehead atoms. The van der Waals surface area contributed by atoms with Gasteiger partial charge in [-0.1, -0.05) is 155 Å². The lowest BCUT2D eigenvalue weighted by Crippen LogP contribution is -2.44. The number of nitrogens with zero attached hydrogens (tertiary/aromatic N) is 1. The van der Waals surface area contributed by atoms with Crippen molar-refractivity contribution in [3.05, 3.63) is 0 Å². The maximum Gasteiger partial charge on any atom is 0.221 e. The van der Waals surface area contributed by atoms with E-state index in [9.17, 15) is 19.8 Å². The van der Waals surface area contributed by atoms with Crippen molar-refractivity contribution >= 4 is 11.8 Å². The van der Waals surface area contributed by atoms with Crippen molar-refractivity contribution in [2.45, 2.75) is 187 Å². The Morgan fingerprint density at radius 1 is 0.477 bits per heavy atom. The number of carbonyl (C=O) groups is 2. The molecule has 0 aromatic carbocycles. The van der Waals surface area contributed by atoms with Crippen LogP contribution in [0.3, 0.4) is 0 Å². The molecule has 0 saturated carbocycles. The zero-order valence-corrected chi connectivity index (χ0v) is 29.4. The number of hydrogen-bond acceptors (Lipinski definition) is 5. The lowest BCUT2D eigenvalue weighted by molar-refractivity contribution is -0.121. The second-order valence-corrected chi connectivity index (χ2v) is 13.0. The van der Waals surface area contributed by atoms with Gasteiger partial charge in [0.2, 0.25) is 11.8 Å². The van der Waals surface area contributed by atoms with Crippen LogP contribution >= 0.6 is 0 Å². The predicted molar refractivity (Wildman–Crippen MR) is 187 cm³/mol. The Hall–Kier alpha value is -1.18. The van der Waals surface area contributed by atoms with Gasteiger partial charge in [-0.15, -0.1) is 0 Å². The van der Waals surface area contributed by atoms with Crippen molar-refractivity contribution in [1.82, 2.24) is 15.5 Å². The van der Waals surface area contributed by atoms with Gasteiger partial charge < -0.3 is 20.8 Å². The summed E-state index contributed by atoms with van der Waals surface area (Å²) >= 11 is 0. The van der Waals surface area contributed by atoms with Gasteiger partial charge in [-0.05, 0) is 12.8 Å². The molecule has 0 unspecified atom stereocenters. The zero-order valence-electron chi connectivity index (χ0n) is 29.4. The minimum absolute atomic E-state index is 0.0101. The largest absolute Gasteiger partial charge is 0.395 e. The van der Waals surface area contributed by atoms with Gasteiger partial charge in [-0.2, -0.15) is 0 Å². The average Bonchev–Trinajstić information content (AvgIpc) is 3.03. The molecular formula is C37H75N3O4. The Labute approximate surface area is 273 Å². The number of amides is 2. The van der Waals surface area contributed by atoms with Crippen molar-refractivity contribution in [1.29, 1.82) is 0 Å². The Morgan fingerprint density at radius 3 is 1.02 bits per heavy atom. The van der Waals surface area contributed by atoms with Crippen molar-refractivity contribution in [2.75, 3.05) is 39.4 Å². The van der Waals surface area contributed by atoms with Crippen molar-refractivity contribution < 1.29 is 19.8 Å². The van der Waals surface area contributed by atoms with Gasteiger partial charge in [0.1, 0.15) is 0 Å². The van der Waals surface area contributed by atoms with E-state index < -0.39 is 6.04 Å². The van der Waals surface area contributed by atoms with Gasteiger partial charge in [-0.25, -0.2) is 0 Å². The summed E-state index contributed by atoms with van der Waals surface area (Å²) < 4.78 is 0. The SMILES string of the molecule is CCCCCCCCCCCCCCNC(=O)CCN(CCC(=O)NCCCCCCCCCCCCCC)C(CO)CO. The standard InChI is InChI=1S/C37H75N3O4/c1-3-5-7-9-11-13-15-17-19-21-23-25-29-38-36(43)27-31-40(35(33-41)34-42)32-28-37(44)39-30-26-24-22-20-18-16-14-12-10-8-6-4-2/h35,41-42H,3-34H2,1-2H3,(H,38,43)(H,39,44). The fourth-order valence-electron chi connectivity index (χ4n) is 5.82. The van der Waals surface area contributed by atoms with Crippen LogP contribution in [0, 0.1) is 0 Å². The highest BCUT2D eigenvalue weighted by molar-refractivity contribution is 5.76. The summed E-state index contributed by atoms with van der Waals surface area (Å²) in [5.41, 5.74) is 0. The second kappa shape index (κ2) is 34.7. The molecule has 0 saturated heterocycles. The molecule has 7 nitrogen and oxygen atoms in total. The van der Waals surface area contributed by atoms with Gasteiger partial charge in [0, 0.05) is 39.0 Å². The third-order valence-corrected chi connectivity index (χ3v) is 8.90. The van der Waals surface area contributed by atoms with E-state index in [1.165, 1.54) is 128 Å². The summed E-state index contributed by atoms with van der Waals surface area (Å²) in [6.07, 6.45) is 31.7. The van der Waals surface area contributed by atoms with Crippen LogP contribution in [0.5, 0.6) is 0 Å². The molecule has 0 aliphatic rings. The normalized spacial score (nSPS) is 11.5. The first-order chi connectivity index (χ1) is 21.6. The van der Waals surface area contributed by atoms with E-state index in [1.54, 1.807) is 0 Å². The Kier molecular flexibility index (Phi) is 33.8. The highest BCUT2D eigenvalue weighted by Crippen LogP contribution is 2.13. The van der Waals surface area contributed by atoms with Gasteiger partial charge in [0.15, 0.2) is 0 Å². The fraction of sp³-hybridized carbons (Fsp3) is 0.946. The van der Waals surface area contributed by atoms with Crippen LogP contribution in [0.25, 0.3) is 0 Å². The minimum atomic E-state index is -0.455. The molecule has 0 heterocycles. The van der Waals surface area contributed by atoms with Crippen LogP contribution in [0.1, 0.15) is 181 Å². The molecule has 0 aromatic heterocycles. The number of aliphatic hydroxyl groups excluding tert-OH is 2. The molecule has 0 radical (unpaired) electrons. The molecular weight excluding hydrogens is 550 g/mol. The lowest BCUT2D eigenvalue weighted by atomic mass is 10.1. The van der Waals surface area contributed by atoms with E-state index in [0.717, 1.165) is 25.7 Å². The predicted octanol–water partition coefficient (Wildman–Crippen LogP) is 8.06. The van der Waals surface area contributed by atoms with E-state index in [-0.39, 0.29) is 25.0 Å². The van der Waals surface area contributed by atoms with Crippen molar-refractivity contribution in [3.8, 4) is 0 Å². The molecule has 44 heavy (non-hydrogen) atoms. The summed E-state index contributed by atoms with van der Waals surface area (Å²) in [6.45, 7) is 6.36. The number of rotatable bonds is 35. The first kappa shape index (κ1) is 42.8. The Balaban J connectivity index is 3.86. The first-order valence-electron chi connectivity index (χ1n) is 19.1. The topological polar surface area (TPSA) is 102 Å². The van der Waals surface area contributed by atoms with Crippen LogP contribution in [0.4, 0.5) is 0 Å². The van der Waals surface area contributed by atoms with E-state index in [4.69, 9.17) is 0 Å². The molecule has 7 heteroatoms. The molecule has 0 rings (SSSR count). The molecule has 0 aliphatic heterocycles. The highest BCUT2D eigenvalue weighted by Gasteiger charge is 2.19. The third kappa shape index (κ3) is 29.5. The summed E-state index contributed by atoms with van der Waals surface area (Å²) in [5.74, 6) is -0.0201. The molecule has 262 valence electrons. The van der Waals surface area contributed by atoms with E-state index >= 15 is 0 Å². The number of carbonyl (C=O) groups excluding carboxylic acids is 2. The molecule has 0 aromatic rings. The van der Waals surface area contributed by atoms with Gasteiger partial charge in [-0.3, -0.25) is 14.5 Å². The number of unbranched alkanes of at least 4 members (excludes halogenated alkanes) is 22. The molecule has 0 fully saturated rings. The highest BCUT2D eigenvalue weighted by atomic mass is 16.3. The second-order valence-electron chi connectivity index (χ2n) is 13.0. The lowest BCUT2D eigenvalue weighted by Gasteiger charge is -2.28. The van der Waals surface area contributed by atoms with E-state index in [2.05, 4.69) is 24.5 Å². The van der Waals surface area contributed by atoms with Crippen LogP contribution < -0.4 is 10.6 Å². The van der Waals surface area contributed by atoms with Crippen LogP contribution in [-0.4, -0.2) is 72.4 Å². The van der Waals surface area contributed by atoms with Crippen LogP contribution in [-0.2, 0) is 9.59 Å². The van der Waals surface area contributed by atoms with Crippen LogP contribution in [0.15, 0.2) is 0 Å². The van der Waals surface area contributed by atoms with Crippen molar-refractivity contribution in [2.24, 2.45) is 0 Å². The van der Waals surface area contributed by atoms with Gasteiger partial charge in [0.25, 0.3) is 0 Å². The summed E-state index contributed by atoms with van der Waals surface area (Å²) in [7, 11) is 0. The van der Waals surface area contributed by atoms with Gasteiger partial charge >= 0.3 is 0 Å². The Bertz CT molecular complexity index is 570.